The van der Waals surface area contributed by atoms with Gasteiger partial charge in [-0.1, -0.05) is 402 Å². The van der Waals surface area contributed by atoms with Gasteiger partial charge in [0.2, 0.25) is 0 Å². The molecule has 0 bridgehead atoms. The number of benzene rings is 16. The number of aromatic nitrogens is 1. The Morgan fingerprint density at radius 3 is 0.897 bits per heavy atom. The van der Waals surface area contributed by atoms with Crippen LogP contribution in [0.5, 0.6) is 0 Å². The summed E-state index contributed by atoms with van der Waals surface area (Å²) in [5.41, 5.74) is 45.9. The van der Waals surface area contributed by atoms with Crippen molar-refractivity contribution in [3.8, 4) is 106 Å². The summed E-state index contributed by atoms with van der Waals surface area (Å²) in [6.45, 7) is 27.9. The van der Waals surface area contributed by atoms with E-state index in [1.54, 1.807) is 0 Å². The molecule has 16 aromatic carbocycles. The Labute approximate surface area is 699 Å². The van der Waals surface area contributed by atoms with Crippen LogP contribution in [0.1, 0.15) is 161 Å². The highest BCUT2D eigenvalue weighted by molar-refractivity contribution is 9.10. The Bertz CT molecular complexity index is 6550. The van der Waals surface area contributed by atoms with Crippen LogP contribution in [0, 0.1) is 0 Å². The van der Waals surface area contributed by atoms with Crippen molar-refractivity contribution >= 4 is 37.7 Å². The molecule has 0 radical (unpaired) electrons. The molecule has 5 aliphatic rings. The van der Waals surface area contributed by atoms with Gasteiger partial charge in [0.15, 0.2) is 0 Å². The van der Waals surface area contributed by atoms with E-state index < -0.39 is 5.41 Å². The fourth-order valence-corrected chi connectivity index (χ4v) is 20.8. The summed E-state index contributed by atoms with van der Waals surface area (Å²) in [5, 5.41) is 2.52. The lowest BCUT2D eigenvalue weighted by molar-refractivity contribution is 0.586. The molecule has 2 spiro atoms. The molecule has 2 heteroatoms. The van der Waals surface area contributed by atoms with Crippen molar-refractivity contribution in [2.45, 2.75) is 122 Å². The quantitative estimate of drug-likeness (QED) is 0.162. The van der Waals surface area contributed by atoms with Crippen LogP contribution < -0.4 is 0 Å². The standard InChI is InChI=1S/C57H47N.C33H31Br.C25H18/c1-55(2,3)40-26-28-43-44-29-27-41(56(4,5)6)35-50(44)57(49(43)34-40)48-22-14-13-20-42(48)45-21-15-23-53(54(45)57)58-51-30-24-38(36-16-9-7-10-17-36)32-46(51)47-33-39(25-31-52(47)58)37-18-11-8-12-19-37;1-31(2,3)20-14-16-23-24-17-15-21(32(4,5)6)19-28(24)33(27(23)18-20)26-12-8-7-10-22(26)25-11-9-13-29(34)30(25)33;1-3-7-18(8-4-1)20-11-13-22-15-23-14-12-21(17-25(23)24(22)16-20)19-9-5-2-6-10-19/h7-35H,1-6H3;7-19H,1-6H3;1-14,16-17H,15H2. The van der Waals surface area contributed by atoms with Crippen molar-refractivity contribution < 1.29 is 0 Å². The maximum Gasteiger partial charge on any atom is 0.0746 e. The van der Waals surface area contributed by atoms with Crippen molar-refractivity contribution in [1.82, 2.24) is 4.57 Å². The van der Waals surface area contributed by atoms with Gasteiger partial charge < -0.3 is 4.57 Å². The molecule has 17 aromatic rings. The summed E-state index contributed by atoms with van der Waals surface area (Å²) in [7, 11) is 0. The first-order valence-corrected chi connectivity index (χ1v) is 42.5. The smallest absolute Gasteiger partial charge is 0.0746 e. The van der Waals surface area contributed by atoms with E-state index in [0.29, 0.717) is 0 Å². The first-order chi connectivity index (χ1) is 56.5. The third-order valence-corrected chi connectivity index (χ3v) is 26.8. The van der Waals surface area contributed by atoms with Gasteiger partial charge in [-0.3, -0.25) is 0 Å². The van der Waals surface area contributed by atoms with Gasteiger partial charge >= 0.3 is 0 Å². The molecule has 0 atom stereocenters. The third-order valence-electron chi connectivity index (χ3n) is 26.1. The molecule has 0 unspecified atom stereocenters. The molecule has 0 N–H and O–H groups in total. The first-order valence-electron chi connectivity index (χ1n) is 41.8. The zero-order valence-corrected chi connectivity index (χ0v) is 70.6. The number of fused-ring (bicyclic) bond motifs is 26. The van der Waals surface area contributed by atoms with Crippen LogP contribution in [-0.4, -0.2) is 4.57 Å². The van der Waals surface area contributed by atoms with Crippen molar-refractivity contribution in [3.05, 3.63) is 434 Å². The molecule has 0 saturated heterocycles. The van der Waals surface area contributed by atoms with Gasteiger partial charge in [0.1, 0.15) is 0 Å². The lowest BCUT2D eigenvalue weighted by atomic mass is 9.68. The Balaban J connectivity index is 0.000000125. The molecule has 0 fully saturated rings. The van der Waals surface area contributed by atoms with Crippen LogP contribution >= 0.6 is 15.9 Å². The van der Waals surface area contributed by atoms with Crippen LogP contribution in [0.3, 0.4) is 0 Å². The Morgan fingerprint density at radius 1 is 0.231 bits per heavy atom. The highest BCUT2D eigenvalue weighted by atomic mass is 79.9. The van der Waals surface area contributed by atoms with E-state index in [2.05, 4.69) is 455 Å². The molecule has 0 aliphatic heterocycles. The molecule has 5 aliphatic carbocycles. The number of nitrogens with zero attached hydrogens (tertiary/aromatic N) is 1. The molecule has 1 aromatic heterocycles. The van der Waals surface area contributed by atoms with E-state index in [4.69, 9.17) is 0 Å². The predicted molar refractivity (Wildman–Crippen MR) is 499 cm³/mol. The summed E-state index contributed by atoms with van der Waals surface area (Å²) in [6.07, 6.45) is 1.04. The average Bonchev–Trinajstić information content (AvgIpc) is 1.51. The first kappa shape index (κ1) is 73.7. The fourth-order valence-electron chi connectivity index (χ4n) is 20.2. The minimum Gasteiger partial charge on any atom is -0.309 e. The summed E-state index contributed by atoms with van der Waals surface area (Å²) in [6, 6.07) is 132. The van der Waals surface area contributed by atoms with Crippen molar-refractivity contribution in [1.29, 1.82) is 0 Å². The Hall–Kier alpha value is -12.2. The number of hydrogen-bond donors (Lipinski definition) is 0. The summed E-state index contributed by atoms with van der Waals surface area (Å²) < 4.78 is 3.77. The second-order valence-electron chi connectivity index (χ2n) is 37.2. The number of hydrogen-bond acceptors (Lipinski definition) is 0. The highest BCUT2D eigenvalue weighted by Crippen LogP contribution is 2.67. The largest absolute Gasteiger partial charge is 0.309 e. The predicted octanol–water partition coefficient (Wildman–Crippen LogP) is 31.0. The number of halogens is 1. The van der Waals surface area contributed by atoms with Gasteiger partial charge in [-0.2, -0.15) is 0 Å². The van der Waals surface area contributed by atoms with E-state index in [9.17, 15) is 0 Å². The summed E-state index contributed by atoms with van der Waals surface area (Å²) in [5.74, 6) is 0. The van der Waals surface area contributed by atoms with Gasteiger partial charge in [0.25, 0.3) is 0 Å². The lowest BCUT2D eigenvalue weighted by Crippen LogP contribution is -2.28. The zero-order valence-electron chi connectivity index (χ0n) is 69.0. The van der Waals surface area contributed by atoms with Crippen molar-refractivity contribution in [2.75, 3.05) is 0 Å². The van der Waals surface area contributed by atoms with Gasteiger partial charge in [0, 0.05) is 20.8 Å². The fraction of sp³-hybridized carbons (Fsp3) is 0.165. The minimum absolute atomic E-state index is 0.0121. The van der Waals surface area contributed by atoms with E-state index in [-0.39, 0.29) is 27.1 Å². The Kier molecular flexibility index (Phi) is 17.3. The average molecular weight is 1570 g/mol. The SMILES string of the molecule is CC(C)(C)c1ccc2c(c1)C1(c3cc(C(C)(C)C)ccc3-2)c2ccccc2-c2cccc(-n3c4ccc(-c5ccccc5)cc4c4cc(-c5ccccc5)ccc43)c21.CC(C)(C)c1ccc2c(c1)C1(c3cc(C(C)(C)C)ccc3-2)c2ccccc2-c2cccc(Br)c21.c1ccc(-c2ccc3c(c2)-c2cc(-c4ccccc4)ccc2C3)cc1. The molecular formula is C115H96BrN. The molecule has 1 nitrogen and oxygen atoms in total. The van der Waals surface area contributed by atoms with E-state index in [0.717, 1.165) is 6.42 Å². The summed E-state index contributed by atoms with van der Waals surface area (Å²) in [4.78, 5) is 0. The second-order valence-corrected chi connectivity index (χ2v) is 38.0. The van der Waals surface area contributed by atoms with Crippen molar-refractivity contribution in [2.24, 2.45) is 0 Å². The van der Waals surface area contributed by atoms with Gasteiger partial charge in [-0.05, 0) is 249 Å². The van der Waals surface area contributed by atoms with E-state index in [1.807, 2.05) is 0 Å². The highest BCUT2D eigenvalue weighted by Gasteiger charge is 2.55. The molecular weight excluding hydrogens is 1480 g/mol. The number of rotatable bonds is 5. The zero-order chi connectivity index (χ0) is 80.2. The van der Waals surface area contributed by atoms with Crippen LogP contribution in [0.2, 0.25) is 0 Å². The van der Waals surface area contributed by atoms with Crippen LogP contribution in [0.4, 0.5) is 0 Å². The maximum absolute atomic E-state index is 4.01. The topological polar surface area (TPSA) is 4.93 Å². The second kappa shape index (κ2) is 27.5. The van der Waals surface area contributed by atoms with Crippen LogP contribution in [-0.2, 0) is 38.9 Å². The monoisotopic (exact) mass is 1570 g/mol. The van der Waals surface area contributed by atoms with Gasteiger partial charge in [-0.15, -0.1) is 0 Å². The molecule has 0 amide bonds. The lowest BCUT2D eigenvalue weighted by Gasteiger charge is -2.34. The molecule has 568 valence electrons. The van der Waals surface area contributed by atoms with Crippen LogP contribution in [0.15, 0.2) is 356 Å². The third kappa shape index (κ3) is 11.8. The maximum atomic E-state index is 4.01. The Morgan fingerprint density at radius 2 is 0.530 bits per heavy atom. The normalized spacial score (nSPS) is 13.8. The molecule has 117 heavy (non-hydrogen) atoms. The van der Waals surface area contributed by atoms with E-state index >= 15 is 0 Å². The molecule has 22 rings (SSSR count). The minimum atomic E-state index is -0.521. The van der Waals surface area contributed by atoms with Gasteiger partial charge in [-0.25, -0.2) is 0 Å². The molecule has 1 heterocycles. The summed E-state index contributed by atoms with van der Waals surface area (Å²) >= 11 is 4.01. The molecule has 0 saturated carbocycles. The van der Waals surface area contributed by atoms with Gasteiger partial charge in [0.05, 0.1) is 27.6 Å². The van der Waals surface area contributed by atoms with Crippen LogP contribution in [0.25, 0.3) is 128 Å². The van der Waals surface area contributed by atoms with E-state index in [1.165, 1.54) is 210 Å². The van der Waals surface area contributed by atoms with Crippen molar-refractivity contribution in [3.63, 3.8) is 0 Å².